The number of carbonyl (C=O) groups excluding carboxylic acids is 1. The number of nitrogens with zero attached hydrogens (tertiary/aromatic N) is 1. The number of amides is 1. The first-order valence-electron chi connectivity index (χ1n) is 7.43. The highest BCUT2D eigenvalue weighted by atomic mass is 16.5. The zero-order valence-electron chi connectivity index (χ0n) is 12.0. The molecule has 0 aromatic heterocycles. The molecule has 1 aliphatic carbocycles. The summed E-state index contributed by atoms with van der Waals surface area (Å²) < 4.78 is 5.46. The van der Waals surface area contributed by atoms with Gasteiger partial charge in [-0.05, 0) is 43.7 Å². The molecule has 0 saturated heterocycles. The highest BCUT2D eigenvalue weighted by molar-refractivity contribution is 5.98. The molecule has 3 rings (SSSR count). The Morgan fingerprint density at radius 2 is 2.25 bits per heavy atom. The maximum absolute atomic E-state index is 12.8. The van der Waals surface area contributed by atoms with Crippen LogP contribution in [0.1, 0.15) is 31.2 Å². The lowest BCUT2D eigenvalue weighted by Crippen LogP contribution is -2.39. The molecule has 2 atom stereocenters. The van der Waals surface area contributed by atoms with Crippen LogP contribution in [0, 0.1) is 5.92 Å². The van der Waals surface area contributed by atoms with Crippen molar-refractivity contribution in [2.75, 3.05) is 18.6 Å². The molecule has 1 aliphatic heterocycles. The summed E-state index contributed by atoms with van der Waals surface area (Å²) in [4.78, 5) is 14.7. The minimum absolute atomic E-state index is 0.0841. The van der Waals surface area contributed by atoms with Gasteiger partial charge in [0.25, 0.3) is 0 Å². The molecule has 1 aromatic rings. The highest BCUT2D eigenvalue weighted by Crippen LogP contribution is 2.38. The Kier molecular flexibility index (Phi) is 3.66. The van der Waals surface area contributed by atoms with Crippen LogP contribution < -0.4 is 15.4 Å². The third-order valence-electron chi connectivity index (χ3n) is 4.49. The van der Waals surface area contributed by atoms with Crippen molar-refractivity contribution in [2.45, 2.75) is 38.1 Å². The summed E-state index contributed by atoms with van der Waals surface area (Å²) in [6.07, 6.45) is 4.73. The van der Waals surface area contributed by atoms with E-state index in [1.807, 2.05) is 17.0 Å². The second kappa shape index (κ2) is 5.44. The minimum Gasteiger partial charge on any atom is -0.495 e. The van der Waals surface area contributed by atoms with Gasteiger partial charge in [-0.2, -0.15) is 0 Å². The number of carbonyl (C=O) groups is 1. The fourth-order valence-corrected chi connectivity index (χ4v) is 3.46. The van der Waals surface area contributed by atoms with Gasteiger partial charge in [-0.15, -0.1) is 0 Å². The Morgan fingerprint density at radius 3 is 2.95 bits per heavy atom. The fraction of sp³-hybridized carbons (Fsp3) is 0.562. The SMILES string of the molecule is COc1cccc2c1N(C(=O)C1CCC(N)C1)CCC2. The summed E-state index contributed by atoms with van der Waals surface area (Å²) in [6, 6.07) is 6.21. The van der Waals surface area contributed by atoms with Gasteiger partial charge in [0.1, 0.15) is 5.75 Å². The van der Waals surface area contributed by atoms with E-state index < -0.39 is 0 Å². The number of anilines is 1. The van der Waals surface area contributed by atoms with E-state index >= 15 is 0 Å². The summed E-state index contributed by atoms with van der Waals surface area (Å²) in [7, 11) is 1.67. The van der Waals surface area contributed by atoms with Gasteiger partial charge < -0.3 is 15.4 Å². The molecule has 0 bridgehead atoms. The molecule has 2 aliphatic rings. The predicted molar refractivity (Wildman–Crippen MR) is 79.0 cm³/mol. The van der Waals surface area contributed by atoms with E-state index in [-0.39, 0.29) is 17.9 Å². The van der Waals surface area contributed by atoms with E-state index in [4.69, 9.17) is 10.5 Å². The molecule has 2 N–H and O–H groups in total. The van der Waals surface area contributed by atoms with Crippen LogP contribution in [0.25, 0.3) is 0 Å². The average Bonchev–Trinajstić information content (AvgIpc) is 2.91. The first-order chi connectivity index (χ1) is 9.70. The third kappa shape index (κ3) is 2.29. The number of nitrogens with two attached hydrogens (primary N) is 1. The number of aryl methyl sites for hydroxylation is 1. The number of hydrogen-bond donors (Lipinski definition) is 1. The molecular weight excluding hydrogens is 252 g/mol. The number of hydrogen-bond acceptors (Lipinski definition) is 3. The molecule has 2 unspecified atom stereocenters. The lowest BCUT2D eigenvalue weighted by molar-refractivity contribution is -0.122. The Balaban J connectivity index is 1.91. The molecule has 1 heterocycles. The summed E-state index contributed by atoms with van der Waals surface area (Å²) in [5.74, 6) is 1.11. The first-order valence-corrected chi connectivity index (χ1v) is 7.43. The zero-order valence-corrected chi connectivity index (χ0v) is 12.0. The van der Waals surface area contributed by atoms with Crippen molar-refractivity contribution in [3.05, 3.63) is 23.8 Å². The molecule has 4 heteroatoms. The third-order valence-corrected chi connectivity index (χ3v) is 4.49. The first kappa shape index (κ1) is 13.4. The Bertz CT molecular complexity index is 501. The largest absolute Gasteiger partial charge is 0.495 e. The van der Waals surface area contributed by atoms with Gasteiger partial charge in [-0.25, -0.2) is 0 Å². The molecule has 1 amide bonds. The summed E-state index contributed by atoms with van der Waals surface area (Å²) in [5.41, 5.74) is 8.14. The summed E-state index contributed by atoms with van der Waals surface area (Å²) in [5, 5.41) is 0. The number of ether oxygens (including phenoxy) is 1. The van der Waals surface area contributed by atoms with Crippen molar-refractivity contribution < 1.29 is 9.53 Å². The molecule has 0 spiro atoms. The number of fused-ring (bicyclic) bond motifs is 1. The second-order valence-corrected chi connectivity index (χ2v) is 5.83. The standard InChI is InChI=1S/C16H22N2O2/c1-20-14-6-2-4-11-5-3-9-18(15(11)14)16(19)12-7-8-13(17)10-12/h2,4,6,12-13H,3,5,7-10,17H2,1H3. The maximum Gasteiger partial charge on any atom is 0.230 e. The van der Waals surface area contributed by atoms with E-state index in [0.29, 0.717) is 0 Å². The number of benzene rings is 1. The van der Waals surface area contributed by atoms with Crippen LogP contribution in [-0.4, -0.2) is 25.6 Å². The van der Waals surface area contributed by atoms with E-state index in [9.17, 15) is 4.79 Å². The number of para-hydroxylation sites is 1. The van der Waals surface area contributed by atoms with Crippen molar-refractivity contribution in [2.24, 2.45) is 11.7 Å². The number of rotatable bonds is 2. The van der Waals surface area contributed by atoms with Crippen molar-refractivity contribution in [1.82, 2.24) is 0 Å². The molecule has 1 fully saturated rings. The van der Waals surface area contributed by atoms with Crippen molar-refractivity contribution in [3.63, 3.8) is 0 Å². The lowest BCUT2D eigenvalue weighted by atomic mass is 9.98. The van der Waals surface area contributed by atoms with Crippen molar-refractivity contribution >= 4 is 11.6 Å². The normalized spacial score (nSPS) is 25.4. The molecule has 108 valence electrons. The van der Waals surface area contributed by atoms with Crippen LogP contribution in [-0.2, 0) is 11.2 Å². The van der Waals surface area contributed by atoms with E-state index in [2.05, 4.69) is 6.07 Å². The van der Waals surface area contributed by atoms with Gasteiger partial charge in [-0.3, -0.25) is 4.79 Å². The van der Waals surface area contributed by atoms with Crippen LogP contribution in [0.3, 0.4) is 0 Å². The molecule has 4 nitrogen and oxygen atoms in total. The molecule has 20 heavy (non-hydrogen) atoms. The Hall–Kier alpha value is -1.55. The molecule has 0 radical (unpaired) electrons. The van der Waals surface area contributed by atoms with Crippen LogP contribution in [0.5, 0.6) is 5.75 Å². The van der Waals surface area contributed by atoms with E-state index in [1.165, 1.54) is 5.56 Å². The van der Waals surface area contributed by atoms with Crippen LogP contribution in [0.4, 0.5) is 5.69 Å². The van der Waals surface area contributed by atoms with Gasteiger partial charge in [0.05, 0.1) is 12.8 Å². The Labute approximate surface area is 119 Å². The lowest BCUT2D eigenvalue weighted by Gasteiger charge is -2.32. The Morgan fingerprint density at radius 1 is 1.40 bits per heavy atom. The van der Waals surface area contributed by atoms with Crippen molar-refractivity contribution in [1.29, 1.82) is 0 Å². The smallest absolute Gasteiger partial charge is 0.230 e. The van der Waals surface area contributed by atoms with E-state index in [1.54, 1.807) is 7.11 Å². The minimum atomic E-state index is 0.0841. The number of methoxy groups -OCH3 is 1. The molecular formula is C16H22N2O2. The maximum atomic E-state index is 12.8. The zero-order chi connectivity index (χ0) is 14.1. The second-order valence-electron chi connectivity index (χ2n) is 5.83. The van der Waals surface area contributed by atoms with Crippen LogP contribution >= 0.6 is 0 Å². The van der Waals surface area contributed by atoms with Crippen LogP contribution in [0.15, 0.2) is 18.2 Å². The molecule has 1 saturated carbocycles. The van der Waals surface area contributed by atoms with Gasteiger partial charge in [0.2, 0.25) is 5.91 Å². The predicted octanol–water partition coefficient (Wildman–Crippen LogP) is 2.10. The molecule has 1 aromatic carbocycles. The average molecular weight is 274 g/mol. The van der Waals surface area contributed by atoms with Gasteiger partial charge >= 0.3 is 0 Å². The topological polar surface area (TPSA) is 55.6 Å². The van der Waals surface area contributed by atoms with Crippen molar-refractivity contribution in [3.8, 4) is 5.75 Å². The summed E-state index contributed by atoms with van der Waals surface area (Å²) in [6.45, 7) is 0.790. The van der Waals surface area contributed by atoms with Crippen LogP contribution in [0.2, 0.25) is 0 Å². The van der Waals surface area contributed by atoms with E-state index in [0.717, 1.165) is 50.1 Å². The fourth-order valence-electron chi connectivity index (χ4n) is 3.46. The van der Waals surface area contributed by atoms with Gasteiger partial charge in [0, 0.05) is 18.5 Å². The highest BCUT2D eigenvalue weighted by Gasteiger charge is 2.34. The quantitative estimate of drug-likeness (QED) is 0.898. The monoisotopic (exact) mass is 274 g/mol. The van der Waals surface area contributed by atoms with Gasteiger partial charge in [0.15, 0.2) is 0 Å². The van der Waals surface area contributed by atoms with Gasteiger partial charge in [-0.1, -0.05) is 12.1 Å². The summed E-state index contributed by atoms with van der Waals surface area (Å²) >= 11 is 0.